The second-order valence-electron chi connectivity index (χ2n) is 3.96. The molecule has 1 aromatic rings. The molecule has 1 rings (SSSR count). The molecule has 2 N–H and O–H groups in total. The van der Waals surface area contributed by atoms with E-state index in [4.69, 9.17) is 10.4 Å². The Balaban J connectivity index is 2.80. The first-order chi connectivity index (χ1) is 7.43. The van der Waals surface area contributed by atoms with Crippen molar-refractivity contribution in [1.29, 1.82) is 5.26 Å². The molecule has 0 saturated carbocycles. The third-order valence-electron chi connectivity index (χ3n) is 1.81. The molecule has 0 aromatic carbocycles. The predicted octanol–water partition coefficient (Wildman–Crippen LogP) is 1.01. The van der Waals surface area contributed by atoms with Crippen molar-refractivity contribution in [2.24, 2.45) is 0 Å². The van der Waals surface area contributed by atoms with Crippen LogP contribution >= 0.6 is 0 Å². The Morgan fingerprint density at radius 3 is 2.94 bits per heavy atom. The number of carboxylic acid groups (broad SMARTS) is 1. The zero-order valence-corrected chi connectivity index (χ0v) is 9.06. The molecular formula is C10H12N4O2. The number of rotatable bonds is 4. The fraction of sp³-hybridized carbons (Fsp3) is 0.400. The highest BCUT2D eigenvalue weighted by Crippen LogP contribution is 2.14. The van der Waals surface area contributed by atoms with Crippen LogP contribution in [0.5, 0.6) is 0 Å². The van der Waals surface area contributed by atoms with Crippen LogP contribution in [0.15, 0.2) is 12.3 Å². The standard InChI is InChI=1S/C10H12N4O2/c1-10(2,5-8(15)16)14-9-12-4-3-7(6-11)13-9/h3-4H,5H2,1-2H3,(H,15,16)(H,12,13,14). The lowest BCUT2D eigenvalue weighted by Crippen LogP contribution is -2.34. The minimum atomic E-state index is -0.908. The fourth-order valence-corrected chi connectivity index (χ4v) is 1.21. The highest BCUT2D eigenvalue weighted by molar-refractivity contribution is 5.69. The smallest absolute Gasteiger partial charge is 0.305 e. The molecule has 0 amide bonds. The summed E-state index contributed by atoms with van der Waals surface area (Å²) in [7, 11) is 0. The predicted molar refractivity (Wildman–Crippen MR) is 56.7 cm³/mol. The first-order valence-corrected chi connectivity index (χ1v) is 4.66. The molecule has 6 nitrogen and oxygen atoms in total. The van der Waals surface area contributed by atoms with Crippen LogP contribution in [0.25, 0.3) is 0 Å². The first-order valence-electron chi connectivity index (χ1n) is 4.66. The summed E-state index contributed by atoms with van der Waals surface area (Å²) in [5.41, 5.74) is -0.427. The molecule has 0 radical (unpaired) electrons. The quantitative estimate of drug-likeness (QED) is 0.785. The Hall–Kier alpha value is -2.16. The van der Waals surface area contributed by atoms with Crippen LogP contribution in [0.1, 0.15) is 26.0 Å². The molecule has 6 heteroatoms. The van der Waals surface area contributed by atoms with E-state index in [2.05, 4.69) is 15.3 Å². The van der Waals surface area contributed by atoms with Crippen molar-refractivity contribution in [3.8, 4) is 6.07 Å². The number of aliphatic carboxylic acids is 1. The maximum Gasteiger partial charge on any atom is 0.305 e. The summed E-state index contributed by atoms with van der Waals surface area (Å²) in [6.07, 6.45) is 1.39. The molecule has 0 aliphatic carbocycles. The molecule has 16 heavy (non-hydrogen) atoms. The number of aromatic nitrogens is 2. The van der Waals surface area contributed by atoms with Gasteiger partial charge in [-0.25, -0.2) is 9.97 Å². The van der Waals surface area contributed by atoms with Gasteiger partial charge >= 0.3 is 5.97 Å². The number of hydrogen-bond donors (Lipinski definition) is 2. The monoisotopic (exact) mass is 220 g/mol. The van der Waals surface area contributed by atoms with Gasteiger partial charge in [0.15, 0.2) is 0 Å². The number of hydrogen-bond acceptors (Lipinski definition) is 5. The van der Waals surface area contributed by atoms with E-state index < -0.39 is 11.5 Å². The number of nitrogens with one attached hydrogen (secondary N) is 1. The minimum Gasteiger partial charge on any atom is -0.481 e. The largest absolute Gasteiger partial charge is 0.481 e. The van der Waals surface area contributed by atoms with Gasteiger partial charge in [-0.2, -0.15) is 5.26 Å². The van der Waals surface area contributed by atoms with Crippen LogP contribution < -0.4 is 5.32 Å². The van der Waals surface area contributed by atoms with Crippen LogP contribution in [-0.4, -0.2) is 26.6 Å². The Kier molecular flexibility index (Phi) is 3.40. The number of carboxylic acids is 1. The Morgan fingerprint density at radius 1 is 1.69 bits per heavy atom. The zero-order valence-electron chi connectivity index (χ0n) is 9.06. The molecule has 0 saturated heterocycles. The van der Waals surface area contributed by atoms with Crippen molar-refractivity contribution in [3.05, 3.63) is 18.0 Å². The second kappa shape index (κ2) is 4.57. The first kappa shape index (κ1) is 11.9. The van der Waals surface area contributed by atoms with E-state index in [0.29, 0.717) is 0 Å². The summed E-state index contributed by atoms with van der Waals surface area (Å²) < 4.78 is 0. The van der Waals surface area contributed by atoms with Gasteiger partial charge in [0.1, 0.15) is 11.8 Å². The second-order valence-corrected chi connectivity index (χ2v) is 3.96. The fourth-order valence-electron chi connectivity index (χ4n) is 1.21. The van der Waals surface area contributed by atoms with E-state index in [1.54, 1.807) is 13.8 Å². The normalized spacial score (nSPS) is 10.6. The van der Waals surface area contributed by atoms with E-state index in [0.717, 1.165) is 0 Å². The molecule has 0 aliphatic rings. The van der Waals surface area contributed by atoms with E-state index in [1.807, 2.05) is 6.07 Å². The molecule has 0 atom stereocenters. The van der Waals surface area contributed by atoms with Crippen LogP contribution in [-0.2, 0) is 4.79 Å². The number of anilines is 1. The van der Waals surface area contributed by atoms with Crippen molar-refractivity contribution < 1.29 is 9.90 Å². The lowest BCUT2D eigenvalue weighted by atomic mass is 10.0. The van der Waals surface area contributed by atoms with Crippen LogP contribution in [0.4, 0.5) is 5.95 Å². The molecule has 0 bridgehead atoms. The number of nitrogens with zero attached hydrogens (tertiary/aromatic N) is 3. The molecule has 0 fully saturated rings. The van der Waals surface area contributed by atoms with E-state index in [9.17, 15) is 4.79 Å². The lowest BCUT2D eigenvalue weighted by Gasteiger charge is -2.23. The Morgan fingerprint density at radius 2 is 2.38 bits per heavy atom. The van der Waals surface area contributed by atoms with Gasteiger partial charge in [-0.1, -0.05) is 0 Å². The van der Waals surface area contributed by atoms with Crippen LogP contribution in [0.2, 0.25) is 0 Å². The highest BCUT2D eigenvalue weighted by atomic mass is 16.4. The van der Waals surface area contributed by atoms with Gasteiger partial charge in [0.05, 0.1) is 6.42 Å². The van der Waals surface area contributed by atoms with Gasteiger partial charge in [-0.15, -0.1) is 0 Å². The van der Waals surface area contributed by atoms with Crippen molar-refractivity contribution in [2.45, 2.75) is 25.8 Å². The highest BCUT2D eigenvalue weighted by Gasteiger charge is 2.22. The topological polar surface area (TPSA) is 98.9 Å². The SMILES string of the molecule is CC(C)(CC(=O)O)Nc1nccc(C#N)n1. The molecule has 0 unspecified atom stereocenters. The van der Waals surface area contributed by atoms with Crippen molar-refractivity contribution in [3.63, 3.8) is 0 Å². The molecule has 0 spiro atoms. The van der Waals surface area contributed by atoms with Crippen molar-refractivity contribution in [2.75, 3.05) is 5.32 Å². The number of carbonyl (C=O) groups is 1. The van der Waals surface area contributed by atoms with E-state index in [1.165, 1.54) is 12.3 Å². The average Bonchev–Trinajstić information content (AvgIpc) is 2.15. The maximum absolute atomic E-state index is 10.6. The molecule has 1 heterocycles. The molecule has 1 aromatic heterocycles. The lowest BCUT2D eigenvalue weighted by molar-refractivity contribution is -0.137. The average molecular weight is 220 g/mol. The third-order valence-corrected chi connectivity index (χ3v) is 1.81. The zero-order chi connectivity index (χ0) is 12.2. The van der Waals surface area contributed by atoms with Gasteiger partial charge in [0.25, 0.3) is 0 Å². The Labute approximate surface area is 93.0 Å². The van der Waals surface area contributed by atoms with E-state index >= 15 is 0 Å². The summed E-state index contributed by atoms with van der Waals surface area (Å²) in [4.78, 5) is 18.4. The summed E-state index contributed by atoms with van der Waals surface area (Å²) in [5.74, 6) is -0.653. The van der Waals surface area contributed by atoms with Crippen LogP contribution in [0.3, 0.4) is 0 Å². The molecule has 84 valence electrons. The van der Waals surface area contributed by atoms with Crippen molar-refractivity contribution >= 4 is 11.9 Å². The van der Waals surface area contributed by atoms with Crippen molar-refractivity contribution in [1.82, 2.24) is 9.97 Å². The molecular weight excluding hydrogens is 208 g/mol. The van der Waals surface area contributed by atoms with Gasteiger partial charge in [0, 0.05) is 11.7 Å². The van der Waals surface area contributed by atoms with Gasteiger partial charge < -0.3 is 10.4 Å². The summed E-state index contributed by atoms with van der Waals surface area (Å²) in [6.45, 7) is 3.45. The number of nitriles is 1. The van der Waals surface area contributed by atoms with E-state index in [-0.39, 0.29) is 18.1 Å². The third kappa shape index (κ3) is 3.53. The molecule has 0 aliphatic heterocycles. The van der Waals surface area contributed by atoms with Gasteiger partial charge in [0.2, 0.25) is 5.95 Å². The van der Waals surface area contributed by atoms with Gasteiger partial charge in [-0.3, -0.25) is 4.79 Å². The summed E-state index contributed by atoms with van der Waals surface area (Å²) >= 11 is 0. The van der Waals surface area contributed by atoms with Gasteiger partial charge in [-0.05, 0) is 19.9 Å². The van der Waals surface area contributed by atoms with Crippen LogP contribution in [0, 0.1) is 11.3 Å². The summed E-state index contributed by atoms with van der Waals surface area (Å²) in [5, 5.41) is 20.2. The Bertz CT molecular complexity index is 437. The minimum absolute atomic E-state index is 0.0624. The maximum atomic E-state index is 10.6. The summed E-state index contributed by atoms with van der Waals surface area (Å²) in [6, 6.07) is 3.37.